The third-order valence-electron chi connectivity index (χ3n) is 2.84. The second-order valence-electron chi connectivity index (χ2n) is 4.56. The number of H-pyrrole nitrogens is 1. The highest BCUT2D eigenvalue weighted by Crippen LogP contribution is 2.12. The van der Waals surface area contributed by atoms with Gasteiger partial charge in [0.2, 0.25) is 0 Å². The van der Waals surface area contributed by atoms with Gasteiger partial charge in [-0.3, -0.25) is 9.59 Å². The Hall–Kier alpha value is -2.76. The fourth-order valence-electron chi connectivity index (χ4n) is 1.74. The summed E-state index contributed by atoms with van der Waals surface area (Å²) < 4.78 is 5.44. The number of aryl methyl sites for hydroxylation is 1. The van der Waals surface area contributed by atoms with Gasteiger partial charge in [0.25, 0.3) is 11.5 Å². The number of aromatic amines is 1. The summed E-state index contributed by atoms with van der Waals surface area (Å²) in [5.41, 5.74) is 6.63. The Labute approximate surface area is 121 Å². The summed E-state index contributed by atoms with van der Waals surface area (Å²) in [6, 6.07) is 10.2. The molecule has 6 heteroatoms. The molecule has 2 aromatic rings. The molecule has 1 heterocycles. The molecule has 0 saturated carbocycles. The Morgan fingerprint density at radius 1 is 1.24 bits per heavy atom. The zero-order valence-corrected chi connectivity index (χ0v) is 11.7. The summed E-state index contributed by atoms with van der Waals surface area (Å²) in [6.45, 7) is 2.36. The summed E-state index contributed by atoms with van der Waals surface area (Å²) in [4.78, 5) is 26.0. The molecular formula is C15H17N3O3. The lowest BCUT2D eigenvalue weighted by Crippen LogP contribution is -2.32. The number of hydrogen-bond donors (Lipinski definition) is 3. The maximum atomic E-state index is 11.8. The smallest absolute Gasteiger partial charge is 0.260 e. The number of ether oxygens (including phenoxy) is 1. The standard InChI is InChI=1S/C15H17N3O3/c1-10-2-7-13(15(20)18-10)14(19)17-8-9-21-12-5-3-11(16)4-6-12/h2-7H,8-9,16H2,1H3,(H,17,19)(H,18,20). The fourth-order valence-corrected chi connectivity index (χ4v) is 1.74. The summed E-state index contributed by atoms with van der Waals surface area (Å²) in [5, 5.41) is 2.63. The predicted molar refractivity (Wildman–Crippen MR) is 80.5 cm³/mol. The average molecular weight is 287 g/mol. The van der Waals surface area contributed by atoms with E-state index in [1.54, 1.807) is 37.3 Å². The van der Waals surface area contributed by atoms with Gasteiger partial charge in [0.1, 0.15) is 17.9 Å². The Balaban J connectivity index is 1.82. The number of carbonyl (C=O) groups is 1. The van der Waals surface area contributed by atoms with E-state index in [-0.39, 0.29) is 5.56 Å². The van der Waals surface area contributed by atoms with Gasteiger partial charge < -0.3 is 20.8 Å². The van der Waals surface area contributed by atoms with Crippen LogP contribution in [0.5, 0.6) is 5.75 Å². The molecule has 1 amide bonds. The molecule has 1 aromatic heterocycles. The van der Waals surface area contributed by atoms with Crippen LogP contribution in [0, 0.1) is 6.92 Å². The molecule has 0 saturated heterocycles. The third-order valence-corrected chi connectivity index (χ3v) is 2.84. The minimum Gasteiger partial charge on any atom is -0.492 e. The first kappa shape index (κ1) is 14.6. The van der Waals surface area contributed by atoms with E-state index in [1.165, 1.54) is 6.07 Å². The van der Waals surface area contributed by atoms with Crippen molar-refractivity contribution in [2.45, 2.75) is 6.92 Å². The van der Waals surface area contributed by atoms with E-state index in [4.69, 9.17) is 10.5 Å². The fraction of sp³-hybridized carbons (Fsp3) is 0.200. The number of amides is 1. The van der Waals surface area contributed by atoms with E-state index < -0.39 is 11.5 Å². The Morgan fingerprint density at radius 2 is 1.95 bits per heavy atom. The van der Waals surface area contributed by atoms with Crippen molar-refractivity contribution in [1.29, 1.82) is 0 Å². The van der Waals surface area contributed by atoms with Crippen LogP contribution in [0.25, 0.3) is 0 Å². The first-order chi connectivity index (χ1) is 10.1. The van der Waals surface area contributed by atoms with Crippen molar-refractivity contribution in [1.82, 2.24) is 10.3 Å². The highest BCUT2D eigenvalue weighted by atomic mass is 16.5. The first-order valence-corrected chi connectivity index (χ1v) is 6.53. The molecule has 4 N–H and O–H groups in total. The van der Waals surface area contributed by atoms with E-state index in [2.05, 4.69) is 10.3 Å². The molecule has 0 bridgehead atoms. The normalized spacial score (nSPS) is 10.1. The maximum Gasteiger partial charge on any atom is 0.260 e. The molecule has 0 spiro atoms. The molecule has 110 valence electrons. The van der Waals surface area contributed by atoms with E-state index >= 15 is 0 Å². The van der Waals surface area contributed by atoms with Gasteiger partial charge in [0, 0.05) is 11.4 Å². The van der Waals surface area contributed by atoms with Crippen LogP contribution < -0.4 is 21.3 Å². The van der Waals surface area contributed by atoms with Crippen LogP contribution in [0.15, 0.2) is 41.2 Å². The third kappa shape index (κ3) is 4.10. The lowest BCUT2D eigenvalue weighted by molar-refractivity contribution is 0.0945. The van der Waals surface area contributed by atoms with E-state index in [0.29, 0.717) is 30.3 Å². The number of rotatable bonds is 5. The quantitative estimate of drug-likeness (QED) is 0.566. The zero-order chi connectivity index (χ0) is 15.2. The Kier molecular flexibility index (Phi) is 4.61. The van der Waals surface area contributed by atoms with Gasteiger partial charge in [0.05, 0.1) is 6.54 Å². The van der Waals surface area contributed by atoms with E-state index in [9.17, 15) is 9.59 Å². The highest BCUT2D eigenvalue weighted by molar-refractivity contribution is 5.93. The van der Waals surface area contributed by atoms with Gasteiger partial charge >= 0.3 is 0 Å². The summed E-state index contributed by atoms with van der Waals surface area (Å²) in [7, 11) is 0. The molecule has 6 nitrogen and oxygen atoms in total. The minimum atomic E-state index is -0.419. The molecule has 0 atom stereocenters. The zero-order valence-electron chi connectivity index (χ0n) is 11.7. The Morgan fingerprint density at radius 3 is 2.62 bits per heavy atom. The highest BCUT2D eigenvalue weighted by Gasteiger charge is 2.09. The number of nitrogens with one attached hydrogen (secondary N) is 2. The monoisotopic (exact) mass is 287 g/mol. The lowest BCUT2D eigenvalue weighted by Gasteiger charge is -2.08. The van der Waals surface area contributed by atoms with Crippen LogP contribution in [0.1, 0.15) is 16.1 Å². The molecule has 0 radical (unpaired) electrons. The molecule has 0 aliphatic heterocycles. The molecule has 0 aliphatic carbocycles. The van der Waals surface area contributed by atoms with Crippen LogP contribution in [0.4, 0.5) is 5.69 Å². The molecule has 2 rings (SSSR count). The van der Waals surface area contributed by atoms with Crippen LogP contribution >= 0.6 is 0 Å². The van der Waals surface area contributed by atoms with Crippen molar-refractivity contribution in [3.05, 3.63) is 58.0 Å². The maximum absolute atomic E-state index is 11.8. The molecule has 0 fully saturated rings. The molecule has 0 aliphatic rings. The second kappa shape index (κ2) is 6.60. The second-order valence-corrected chi connectivity index (χ2v) is 4.56. The van der Waals surface area contributed by atoms with E-state index in [0.717, 1.165) is 0 Å². The van der Waals surface area contributed by atoms with E-state index in [1.807, 2.05) is 0 Å². The van der Waals surface area contributed by atoms with Crippen molar-refractivity contribution >= 4 is 11.6 Å². The van der Waals surface area contributed by atoms with Crippen molar-refractivity contribution in [2.75, 3.05) is 18.9 Å². The van der Waals surface area contributed by atoms with Gasteiger partial charge in [-0.25, -0.2) is 0 Å². The molecule has 0 unspecified atom stereocenters. The summed E-state index contributed by atoms with van der Waals surface area (Å²) >= 11 is 0. The topological polar surface area (TPSA) is 97.2 Å². The van der Waals surface area contributed by atoms with Crippen molar-refractivity contribution in [3.8, 4) is 5.75 Å². The van der Waals surface area contributed by atoms with Crippen molar-refractivity contribution in [2.24, 2.45) is 0 Å². The molecule has 1 aromatic carbocycles. The lowest BCUT2D eigenvalue weighted by atomic mass is 10.2. The molecular weight excluding hydrogens is 270 g/mol. The Bertz CT molecular complexity index is 677. The van der Waals surface area contributed by atoms with Gasteiger partial charge in [-0.15, -0.1) is 0 Å². The number of anilines is 1. The number of carbonyl (C=O) groups excluding carboxylic acids is 1. The summed E-state index contributed by atoms with van der Waals surface area (Å²) in [5.74, 6) is 0.254. The van der Waals surface area contributed by atoms with Crippen LogP contribution in [0.3, 0.4) is 0 Å². The van der Waals surface area contributed by atoms with Crippen LogP contribution in [-0.2, 0) is 0 Å². The van der Waals surface area contributed by atoms with Crippen molar-refractivity contribution < 1.29 is 9.53 Å². The van der Waals surface area contributed by atoms with Gasteiger partial charge in [-0.05, 0) is 43.3 Å². The first-order valence-electron chi connectivity index (χ1n) is 6.53. The van der Waals surface area contributed by atoms with Crippen LogP contribution in [-0.4, -0.2) is 24.0 Å². The average Bonchev–Trinajstić information content (AvgIpc) is 2.45. The number of nitrogen functional groups attached to an aromatic ring is 1. The minimum absolute atomic E-state index is 0.0908. The number of aromatic nitrogens is 1. The van der Waals surface area contributed by atoms with Crippen LogP contribution in [0.2, 0.25) is 0 Å². The van der Waals surface area contributed by atoms with Gasteiger partial charge in [-0.2, -0.15) is 0 Å². The largest absolute Gasteiger partial charge is 0.492 e. The SMILES string of the molecule is Cc1ccc(C(=O)NCCOc2ccc(N)cc2)c(=O)[nH]1. The summed E-state index contributed by atoms with van der Waals surface area (Å²) in [6.07, 6.45) is 0. The predicted octanol–water partition coefficient (Wildman–Crippen LogP) is 1.07. The van der Waals surface area contributed by atoms with Crippen molar-refractivity contribution in [3.63, 3.8) is 0 Å². The number of benzene rings is 1. The van der Waals surface area contributed by atoms with Gasteiger partial charge in [0.15, 0.2) is 0 Å². The number of nitrogens with two attached hydrogens (primary N) is 1. The van der Waals surface area contributed by atoms with Gasteiger partial charge in [-0.1, -0.05) is 0 Å². The molecule has 21 heavy (non-hydrogen) atoms. The number of hydrogen-bond acceptors (Lipinski definition) is 4. The number of pyridine rings is 1.